The van der Waals surface area contributed by atoms with Crippen molar-refractivity contribution in [2.24, 2.45) is 5.92 Å². The van der Waals surface area contributed by atoms with Crippen molar-refractivity contribution in [1.82, 2.24) is 0 Å². The Hall–Kier alpha value is -1.83. The highest BCUT2D eigenvalue weighted by Crippen LogP contribution is 2.30. The van der Waals surface area contributed by atoms with E-state index in [1.54, 1.807) is 0 Å². The fourth-order valence-electron chi connectivity index (χ4n) is 2.38. The summed E-state index contributed by atoms with van der Waals surface area (Å²) < 4.78 is 62.5. The van der Waals surface area contributed by atoms with Gasteiger partial charge >= 0.3 is 5.97 Å². The molecule has 1 N–H and O–H groups in total. The fourth-order valence-corrected chi connectivity index (χ4v) is 2.38. The van der Waals surface area contributed by atoms with Crippen LogP contribution in [0.15, 0.2) is 0 Å². The molecule has 1 aromatic rings. The van der Waals surface area contributed by atoms with Gasteiger partial charge in [0, 0.05) is 19.6 Å². The lowest BCUT2D eigenvalue weighted by Gasteiger charge is -2.21. The van der Waals surface area contributed by atoms with E-state index in [-0.39, 0.29) is 6.42 Å². The number of hydrogen-bond donors (Lipinski definition) is 1. The van der Waals surface area contributed by atoms with Gasteiger partial charge in [0.2, 0.25) is 11.6 Å². The largest absolute Gasteiger partial charge is 0.504 e. The van der Waals surface area contributed by atoms with Crippen LogP contribution in [-0.2, 0) is 20.9 Å². The number of phenols is 1. The Morgan fingerprint density at radius 2 is 1.70 bits per heavy atom. The molecule has 1 saturated heterocycles. The summed E-state index contributed by atoms with van der Waals surface area (Å²) in [5.74, 6) is -9.65. The number of aromatic hydroxyl groups is 1. The van der Waals surface area contributed by atoms with Crippen LogP contribution in [0.3, 0.4) is 0 Å². The quantitative estimate of drug-likeness (QED) is 0.388. The molecule has 1 heterocycles. The van der Waals surface area contributed by atoms with Crippen molar-refractivity contribution in [3.05, 3.63) is 28.8 Å². The van der Waals surface area contributed by atoms with E-state index in [9.17, 15) is 27.5 Å². The Kier molecular flexibility index (Phi) is 5.81. The standard InChI is InChI=1S/C15H16F4O4/c16-11-9(15(21)14(19)13(18)12(11)17)7-23-10(20)2-1-8-3-5-22-6-4-8/h8,21H,1-7H2. The van der Waals surface area contributed by atoms with Gasteiger partial charge in [0.15, 0.2) is 17.4 Å². The van der Waals surface area contributed by atoms with E-state index >= 15 is 0 Å². The molecule has 0 amide bonds. The average Bonchev–Trinajstić information content (AvgIpc) is 2.57. The van der Waals surface area contributed by atoms with Crippen LogP contribution in [0, 0.1) is 29.2 Å². The molecule has 128 valence electrons. The molecule has 0 spiro atoms. The molecular weight excluding hydrogens is 320 g/mol. The molecule has 0 radical (unpaired) electrons. The van der Waals surface area contributed by atoms with E-state index in [0.29, 0.717) is 25.6 Å². The Labute approximate surface area is 130 Å². The molecule has 0 aromatic heterocycles. The second-order valence-electron chi connectivity index (χ2n) is 5.34. The summed E-state index contributed by atoms with van der Waals surface area (Å²) in [5, 5.41) is 9.30. The van der Waals surface area contributed by atoms with Crippen LogP contribution >= 0.6 is 0 Å². The Balaban J connectivity index is 1.91. The highest BCUT2D eigenvalue weighted by Gasteiger charge is 2.26. The van der Waals surface area contributed by atoms with E-state index in [0.717, 1.165) is 12.8 Å². The Morgan fingerprint density at radius 3 is 2.35 bits per heavy atom. The van der Waals surface area contributed by atoms with Crippen molar-refractivity contribution in [2.75, 3.05) is 13.2 Å². The van der Waals surface area contributed by atoms with Gasteiger partial charge in [0.25, 0.3) is 0 Å². The lowest BCUT2D eigenvalue weighted by Crippen LogP contribution is -2.17. The minimum atomic E-state index is -2.12. The van der Waals surface area contributed by atoms with Crippen LogP contribution in [0.2, 0.25) is 0 Å². The molecule has 1 aromatic carbocycles. The first-order chi connectivity index (χ1) is 10.9. The number of ether oxygens (including phenoxy) is 2. The summed E-state index contributed by atoms with van der Waals surface area (Å²) in [4.78, 5) is 11.6. The third-order valence-electron chi connectivity index (χ3n) is 3.81. The highest BCUT2D eigenvalue weighted by molar-refractivity contribution is 5.69. The molecule has 0 bridgehead atoms. The molecule has 1 aliphatic rings. The molecule has 0 atom stereocenters. The van der Waals surface area contributed by atoms with Crippen molar-refractivity contribution in [1.29, 1.82) is 0 Å². The number of carbonyl (C=O) groups is 1. The maximum atomic E-state index is 13.5. The summed E-state index contributed by atoms with van der Waals surface area (Å²) in [5.41, 5.74) is -0.930. The zero-order chi connectivity index (χ0) is 17.0. The molecule has 23 heavy (non-hydrogen) atoms. The van der Waals surface area contributed by atoms with E-state index in [1.165, 1.54) is 0 Å². The molecule has 1 fully saturated rings. The van der Waals surface area contributed by atoms with Gasteiger partial charge in [0.1, 0.15) is 6.61 Å². The topological polar surface area (TPSA) is 55.8 Å². The van der Waals surface area contributed by atoms with E-state index in [1.807, 2.05) is 0 Å². The third kappa shape index (κ3) is 4.13. The van der Waals surface area contributed by atoms with Crippen LogP contribution in [0.25, 0.3) is 0 Å². The number of halogens is 4. The minimum absolute atomic E-state index is 0.0548. The molecular formula is C15H16F4O4. The van der Waals surface area contributed by atoms with Crippen LogP contribution in [0.4, 0.5) is 17.6 Å². The average molecular weight is 336 g/mol. The molecule has 0 aliphatic carbocycles. The van der Waals surface area contributed by atoms with Gasteiger partial charge < -0.3 is 14.6 Å². The zero-order valence-corrected chi connectivity index (χ0v) is 12.2. The van der Waals surface area contributed by atoms with Crippen LogP contribution < -0.4 is 0 Å². The number of rotatable bonds is 5. The van der Waals surface area contributed by atoms with Gasteiger partial charge in [-0.05, 0) is 25.2 Å². The summed E-state index contributed by atoms with van der Waals surface area (Å²) in [6.45, 7) is 0.387. The molecule has 0 unspecified atom stereocenters. The highest BCUT2D eigenvalue weighted by atomic mass is 19.2. The summed E-state index contributed by atoms with van der Waals surface area (Å²) >= 11 is 0. The number of hydrogen-bond acceptors (Lipinski definition) is 4. The van der Waals surface area contributed by atoms with Crippen molar-refractivity contribution < 1.29 is 36.9 Å². The molecule has 2 rings (SSSR count). The first-order valence-electron chi connectivity index (χ1n) is 7.19. The van der Waals surface area contributed by atoms with Gasteiger partial charge in [-0.2, -0.15) is 4.39 Å². The number of benzene rings is 1. The Bertz CT molecular complexity index is 556. The third-order valence-corrected chi connectivity index (χ3v) is 3.81. The molecule has 0 saturated carbocycles. The predicted molar refractivity (Wildman–Crippen MR) is 70.5 cm³/mol. The van der Waals surface area contributed by atoms with Crippen LogP contribution in [0.1, 0.15) is 31.2 Å². The van der Waals surface area contributed by atoms with Crippen LogP contribution in [0.5, 0.6) is 5.75 Å². The van der Waals surface area contributed by atoms with Gasteiger partial charge in [-0.15, -0.1) is 0 Å². The zero-order valence-electron chi connectivity index (χ0n) is 12.2. The van der Waals surface area contributed by atoms with E-state index < -0.39 is 47.2 Å². The number of esters is 1. The van der Waals surface area contributed by atoms with E-state index in [4.69, 9.17) is 9.47 Å². The second-order valence-corrected chi connectivity index (χ2v) is 5.34. The van der Waals surface area contributed by atoms with Crippen molar-refractivity contribution >= 4 is 5.97 Å². The first kappa shape index (κ1) is 17.5. The predicted octanol–water partition coefficient (Wildman–Crippen LogP) is 3.20. The van der Waals surface area contributed by atoms with Crippen LogP contribution in [-0.4, -0.2) is 24.3 Å². The van der Waals surface area contributed by atoms with Crippen molar-refractivity contribution in [3.63, 3.8) is 0 Å². The van der Waals surface area contributed by atoms with Gasteiger partial charge in [-0.25, -0.2) is 13.2 Å². The second kappa shape index (κ2) is 7.63. The maximum Gasteiger partial charge on any atom is 0.306 e. The minimum Gasteiger partial charge on any atom is -0.504 e. The van der Waals surface area contributed by atoms with Gasteiger partial charge in [0.05, 0.1) is 5.56 Å². The van der Waals surface area contributed by atoms with Crippen molar-refractivity contribution in [3.8, 4) is 5.75 Å². The molecule has 4 nitrogen and oxygen atoms in total. The molecule has 8 heteroatoms. The summed E-state index contributed by atoms with van der Waals surface area (Å²) in [7, 11) is 0. The van der Waals surface area contributed by atoms with Gasteiger partial charge in [-0.1, -0.05) is 0 Å². The van der Waals surface area contributed by atoms with Crippen molar-refractivity contribution in [2.45, 2.75) is 32.3 Å². The monoisotopic (exact) mass is 336 g/mol. The normalized spacial score (nSPS) is 15.7. The SMILES string of the molecule is O=C(CCC1CCOCC1)OCc1c(O)c(F)c(F)c(F)c1F. The summed E-state index contributed by atoms with van der Waals surface area (Å²) in [6.07, 6.45) is 2.27. The lowest BCUT2D eigenvalue weighted by atomic mass is 9.95. The first-order valence-corrected chi connectivity index (χ1v) is 7.19. The smallest absolute Gasteiger partial charge is 0.306 e. The van der Waals surface area contributed by atoms with Gasteiger partial charge in [-0.3, -0.25) is 4.79 Å². The lowest BCUT2D eigenvalue weighted by molar-refractivity contribution is -0.145. The van der Waals surface area contributed by atoms with E-state index in [2.05, 4.69) is 0 Å². The summed E-state index contributed by atoms with van der Waals surface area (Å²) in [6, 6.07) is 0. The number of phenolic OH excluding ortho intramolecular Hbond substituents is 1. The molecule has 1 aliphatic heterocycles. The number of carbonyl (C=O) groups excluding carboxylic acids is 1. The maximum absolute atomic E-state index is 13.5. The Morgan fingerprint density at radius 1 is 1.09 bits per heavy atom. The fraction of sp³-hybridized carbons (Fsp3) is 0.533.